The van der Waals surface area contributed by atoms with Crippen LogP contribution in [0.1, 0.15) is 24.2 Å². The Kier molecular flexibility index (Phi) is 4.77. The van der Waals surface area contributed by atoms with E-state index in [2.05, 4.69) is 15.5 Å². The molecule has 7 nitrogen and oxygen atoms in total. The number of hydrogen-bond acceptors (Lipinski definition) is 7. The lowest BCUT2D eigenvalue weighted by atomic mass is 10.2. The van der Waals surface area contributed by atoms with E-state index in [1.54, 1.807) is 24.3 Å². The van der Waals surface area contributed by atoms with Gasteiger partial charge in [0.15, 0.2) is 0 Å². The Morgan fingerprint density at radius 3 is 2.36 bits per heavy atom. The Labute approximate surface area is 132 Å². The number of amides is 1. The third kappa shape index (κ3) is 4.25. The Balaban J connectivity index is 2.07. The fourth-order valence-corrected chi connectivity index (χ4v) is 3.04. The van der Waals surface area contributed by atoms with Gasteiger partial charge >= 0.3 is 0 Å². The molecule has 0 aliphatic heterocycles. The van der Waals surface area contributed by atoms with Crippen LogP contribution < -0.4 is 10.1 Å². The first kappa shape index (κ1) is 16.4. The summed E-state index contributed by atoms with van der Waals surface area (Å²) < 4.78 is 28.0. The van der Waals surface area contributed by atoms with Gasteiger partial charge in [0, 0.05) is 11.8 Å². The highest BCUT2D eigenvalue weighted by atomic mass is 32.2. The SMILES string of the molecule is CC(C)Oc1ccc(C(=O)Nc2nnc(S(C)(=O)=O)s2)cc1. The van der Waals surface area contributed by atoms with E-state index in [4.69, 9.17) is 4.74 Å². The van der Waals surface area contributed by atoms with Crippen molar-refractivity contribution in [3.05, 3.63) is 29.8 Å². The largest absolute Gasteiger partial charge is 0.491 e. The predicted molar refractivity (Wildman–Crippen MR) is 83.2 cm³/mol. The van der Waals surface area contributed by atoms with E-state index >= 15 is 0 Å². The molecule has 0 saturated heterocycles. The number of rotatable bonds is 5. The molecule has 0 radical (unpaired) electrons. The minimum absolute atomic E-state index is 0.0514. The Bertz CT molecular complexity index is 767. The van der Waals surface area contributed by atoms with Gasteiger partial charge in [-0.05, 0) is 38.1 Å². The zero-order valence-corrected chi connectivity index (χ0v) is 13.9. The number of nitrogens with zero attached hydrogens (tertiary/aromatic N) is 2. The van der Waals surface area contributed by atoms with Crippen LogP contribution in [-0.4, -0.2) is 36.9 Å². The van der Waals surface area contributed by atoms with Gasteiger partial charge in [-0.3, -0.25) is 10.1 Å². The Hall–Kier alpha value is -2.00. The monoisotopic (exact) mass is 341 g/mol. The smallest absolute Gasteiger partial charge is 0.257 e. The van der Waals surface area contributed by atoms with Gasteiger partial charge in [0.05, 0.1) is 6.10 Å². The van der Waals surface area contributed by atoms with Crippen LogP contribution in [0.5, 0.6) is 5.75 Å². The number of hydrogen-bond donors (Lipinski definition) is 1. The third-order valence-electron chi connectivity index (χ3n) is 2.43. The molecule has 1 amide bonds. The van der Waals surface area contributed by atoms with Crippen LogP contribution in [0.3, 0.4) is 0 Å². The molecule has 0 aliphatic carbocycles. The number of sulfone groups is 1. The van der Waals surface area contributed by atoms with Gasteiger partial charge < -0.3 is 4.74 Å². The van der Waals surface area contributed by atoms with Gasteiger partial charge in [-0.25, -0.2) is 8.42 Å². The average molecular weight is 341 g/mol. The van der Waals surface area contributed by atoms with Crippen molar-refractivity contribution in [3.8, 4) is 5.75 Å². The number of carbonyl (C=O) groups is 1. The average Bonchev–Trinajstić information content (AvgIpc) is 2.87. The van der Waals surface area contributed by atoms with Crippen molar-refractivity contribution in [1.82, 2.24) is 10.2 Å². The van der Waals surface area contributed by atoms with Gasteiger partial charge in [-0.1, -0.05) is 11.3 Å². The van der Waals surface area contributed by atoms with Crippen LogP contribution in [0.25, 0.3) is 0 Å². The maximum absolute atomic E-state index is 12.0. The first-order valence-electron chi connectivity index (χ1n) is 6.37. The molecule has 1 aromatic carbocycles. The summed E-state index contributed by atoms with van der Waals surface area (Å²) in [5.41, 5.74) is 0.409. The standard InChI is InChI=1S/C13H15N3O4S2/c1-8(2)20-10-6-4-9(5-7-10)11(17)14-12-15-16-13(21-12)22(3,18)19/h4-8H,1-3H3,(H,14,15,17). The molecule has 0 unspecified atom stereocenters. The summed E-state index contributed by atoms with van der Waals surface area (Å²) in [6, 6.07) is 6.62. The topological polar surface area (TPSA) is 98.2 Å². The molecule has 22 heavy (non-hydrogen) atoms. The summed E-state index contributed by atoms with van der Waals surface area (Å²) in [5, 5.41) is 9.81. The summed E-state index contributed by atoms with van der Waals surface area (Å²) in [5.74, 6) is 0.272. The van der Waals surface area contributed by atoms with Crippen molar-refractivity contribution in [1.29, 1.82) is 0 Å². The van der Waals surface area contributed by atoms with Gasteiger partial charge in [0.25, 0.3) is 5.91 Å². The summed E-state index contributed by atoms with van der Waals surface area (Å²) in [7, 11) is -3.42. The van der Waals surface area contributed by atoms with Gasteiger partial charge in [-0.2, -0.15) is 0 Å². The van der Waals surface area contributed by atoms with Crippen LogP contribution in [0.4, 0.5) is 5.13 Å². The van der Waals surface area contributed by atoms with Gasteiger partial charge in [0.2, 0.25) is 19.3 Å². The number of benzene rings is 1. The second-order valence-corrected chi connectivity index (χ2v) is 7.96. The van der Waals surface area contributed by atoms with Crippen LogP contribution in [0, 0.1) is 0 Å². The zero-order valence-electron chi connectivity index (χ0n) is 12.2. The first-order valence-corrected chi connectivity index (χ1v) is 9.08. The molecule has 9 heteroatoms. The highest BCUT2D eigenvalue weighted by Gasteiger charge is 2.16. The maximum atomic E-state index is 12.0. The molecular weight excluding hydrogens is 326 g/mol. The molecule has 2 aromatic rings. The molecule has 1 aromatic heterocycles. The molecule has 118 valence electrons. The fourth-order valence-electron chi connectivity index (χ4n) is 1.54. The van der Waals surface area contributed by atoms with E-state index in [-0.39, 0.29) is 15.6 Å². The van der Waals surface area contributed by atoms with Crippen LogP contribution >= 0.6 is 11.3 Å². The summed E-state index contributed by atoms with van der Waals surface area (Å²) in [6.45, 7) is 3.82. The summed E-state index contributed by atoms with van der Waals surface area (Å²) >= 11 is 0.808. The minimum Gasteiger partial charge on any atom is -0.491 e. The third-order valence-corrected chi connectivity index (χ3v) is 4.94. The van der Waals surface area contributed by atoms with E-state index in [1.807, 2.05) is 13.8 Å². The number of carbonyl (C=O) groups excluding carboxylic acids is 1. The van der Waals surface area contributed by atoms with Gasteiger partial charge in [-0.15, -0.1) is 10.2 Å². The molecule has 1 heterocycles. The Morgan fingerprint density at radius 2 is 1.86 bits per heavy atom. The molecule has 0 fully saturated rings. The summed E-state index contributed by atoms with van der Waals surface area (Å²) in [6.07, 6.45) is 1.09. The molecule has 2 rings (SSSR count). The molecule has 0 spiro atoms. The van der Waals surface area contributed by atoms with E-state index in [1.165, 1.54) is 0 Å². The molecule has 0 atom stereocenters. The maximum Gasteiger partial charge on any atom is 0.257 e. The number of anilines is 1. The van der Waals surface area contributed by atoms with Crippen molar-refractivity contribution in [3.63, 3.8) is 0 Å². The number of aromatic nitrogens is 2. The van der Waals surface area contributed by atoms with Crippen molar-refractivity contribution in [2.75, 3.05) is 11.6 Å². The lowest BCUT2D eigenvalue weighted by molar-refractivity contribution is 0.102. The quantitative estimate of drug-likeness (QED) is 0.835. The lowest BCUT2D eigenvalue weighted by Gasteiger charge is -2.09. The molecule has 0 saturated carbocycles. The number of nitrogens with one attached hydrogen (secondary N) is 1. The first-order chi connectivity index (χ1) is 10.3. The van der Waals surface area contributed by atoms with Crippen molar-refractivity contribution >= 4 is 32.2 Å². The van der Waals surface area contributed by atoms with Crippen LogP contribution in [0.15, 0.2) is 28.6 Å². The lowest BCUT2D eigenvalue weighted by Crippen LogP contribution is -2.12. The van der Waals surface area contributed by atoms with Crippen LogP contribution in [0.2, 0.25) is 0 Å². The fraction of sp³-hybridized carbons (Fsp3) is 0.308. The van der Waals surface area contributed by atoms with E-state index in [9.17, 15) is 13.2 Å². The van der Waals surface area contributed by atoms with Gasteiger partial charge in [0.1, 0.15) is 5.75 Å². The minimum atomic E-state index is -3.42. The highest BCUT2D eigenvalue weighted by molar-refractivity contribution is 7.92. The number of ether oxygens (including phenoxy) is 1. The van der Waals surface area contributed by atoms with Crippen molar-refractivity contribution < 1.29 is 17.9 Å². The molecule has 0 bridgehead atoms. The molecule has 1 N–H and O–H groups in total. The second kappa shape index (κ2) is 6.41. The van der Waals surface area contributed by atoms with Crippen molar-refractivity contribution in [2.24, 2.45) is 0 Å². The molecule has 0 aliphatic rings. The summed E-state index contributed by atoms with van der Waals surface area (Å²) in [4.78, 5) is 12.0. The molecular formula is C13H15N3O4S2. The van der Waals surface area contributed by atoms with E-state index in [0.717, 1.165) is 17.6 Å². The highest BCUT2D eigenvalue weighted by Crippen LogP contribution is 2.21. The predicted octanol–water partition coefficient (Wildman–Crippen LogP) is 1.98. The van der Waals surface area contributed by atoms with Crippen LogP contribution in [-0.2, 0) is 9.84 Å². The van der Waals surface area contributed by atoms with Crippen molar-refractivity contribution in [2.45, 2.75) is 24.3 Å². The normalized spacial score (nSPS) is 11.5. The van der Waals surface area contributed by atoms with E-state index < -0.39 is 15.7 Å². The zero-order chi connectivity index (χ0) is 16.3. The Morgan fingerprint density at radius 1 is 1.23 bits per heavy atom. The van der Waals surface area contributed by atoms with E-state index in [0.29, 0.717) is 11.3 Å². The second-order valence-electron chi connectivity index (χ2n) is 4.79.